The van der Waals surface area contributed by atoms with Gasteiger partial charge in [-0.15, -0.1) is 0 Å². The molecule has 3 aromatic rings. The van der Waals surface area contributed by atoms with E-state index in [4.69, 9.17) is 10.5 Å². The van der Waals surface area contributed by atoms with Crippen LogP contribution < -0.4 is 10.5 Å². The summed E-state index contributed by atoms with van der Waals surface area (Å²) in [5, 5.41) is 0.896. The molecular weight excluding hydrogens is 262 g/mol. The van der Waals surface area contributed by atoms with Crippen molar-refractivity contribution in [3.8, 4) is 11.5 Å². The van der Waals surface area contributed by atoms with E-state index in [0.717, 1.165) is 34.5 Å². The number of hydrogen-bond donors (Lipinski definition) is 1. The number of nitrogens with two attached hydrogens (primary N) is 1. The molecule has 0 amide bonds. The minimum atomic E-state index is 0.695. The van der Waals surface area contributed by atoms with Gasteiger partial charge in [-0.2, -0.15) is 0 Å². The second-order valence-electron chi connectivity index (χ2n) is 4.91. The highest BCUT2D eigenvalue weighted by molar-refractivity contribution is 5.94. The maximum absolute atomic E-state index is 6.04. The third-order valence-electron chi connectivity index (χ3n) is 3.39. The Bertz CT molecular complexity index is 799. The molecule has 21 heavy (non-hydrogen) atoms. The summed E-state index contributed by atoms with van der Waals surface area (Å²) < 4.78 is 6.04. The van der Waals surface area contributed by atoms with Crippen LogP contribution >= 0.6 is 0 Å². The average Bonchev–Trinajstić information content (AvgIpc) is 2.52. The summed E-state index contributed by atoms with van der Waals surface area (Å²) in [6.45, 7) is 4.04. The number of fused-ring (bicyclic) bond motifs is 1. The third kappa shape index (κ3) is 2.52. The van der Waals surface area contributed by atoms with E-state index in [1.807, 2.05) is 43.3 Å². The van der Waals surface area contributed by atoms with E-state index in [-0.39, 0.29) is 0 Å². The summed E-state index contributed by atoms with van der Waals surface area (Å²) in [5.74, 6) is 1.46. The van der Waals surface area contributed by atoms with Crippen molar-refractivity contribution in [2.24, 2.45) is 0 Å². The Morgan fingerprint density at radius 1 is 1.10 bits per heavy atom. The minimum Gasteiger partial charge on any atom is -0.453 e. The Hall–Kier alpha value is -2.62. The van der Waals surface area contributed by atoms with Gasteiger partial charge >= 0.3 is 0 Å². The number of benzene rings is 1. The lowest BCUT2D eigenvalue weighted by molar-refractivity contribution is 0.477. The predicted molar refractivity (Wildman–Crippen MR) is 84.6 cm³/mol. The van der Waals surface area contributed by atoms with E-state index in [0.29, 0.717) is 11.4 Å². The Morgan fingerprint density at radius 3 is 2.71 bits per heavy atom. The van der Waals surface area contributed by atoms with Crippen molar-refractivity contribution in [1.29, 1.82) is 0 Å². The molecule has 0 aliphatic heterocycles. The number of pyridine rings is 2. The predicted octanol–water partition coefficient (Wildman–Crippen LogP) is 3.88. The van der Waals surface area contributed by atoms with Gasteiger partial charge in [-0.1, -0.05) is 6.92 Å². The second kappa shape index (κ2) is 5.40. The fourth-order valence-corrected chi connectivity index (χ4v) is 2.31. The van der Waals surface area contributed by atoms with Gasteiger partial charge in [0, 0.05) is 23.0 Å². The zero-order valence-electron chi connectivity index (χ0n) is 12.1. The summed E-state index contributed by atoms with van der Waals surface area (Å²) in [5.41, 5.74) is 9.37. The van der Waals surface area contributed by atoms with Gasteiger partial charge in [-0.25, -0.2) is 0 Å². The van der Waals surface area contributed by atoms with Crippen LogP contribution in [-0.4, -0.2) is 9.97 Å². The standard InChI is InChI=1S/C17H17N3O/c1-3-14-15(8-6-11(2)20-14)21-16-9-7-13(18)12-5-4-10-19-17(12)16/h4-10H,3,18H2,1-2H3. The lowest BCUT2D eigenvalue weighted by Gasteiger charge is -2.12. The SMILES string of the molecule is CCc1nc(C)ccc1Oc1ccc(N)c2cccnc12. The summed E-state index contributed by atoms with van der Waals surface area (Å²) in [6.07, 6.45) is 2.56. The molecule has 1 aromatic carbocycles. The Morgan fingerprint density at radius 2 is 1.90 bits per heavy atom. The lowest BCUT2D eigenvalue weighted by atomic mass is 10.1. The normalized spacial score (nSPS) is 10.8. The van der Waals surface area contributed by atoms with Crippen molar-refractivity contribution in [2.45, 2.75) is 20.3 Å². The largest absolute Gasteiger partial charge is 0.453 e. The molecule has 3 rings (SSSR count). The van der Waals surface area contributed by atoms with Gasteiger partial charge < -0.3 is 10.5 Å². The minimum absolute atomic E-state index is 0.695. The van der Waals surface area contributed by atoms with Crippen LogP contribution in [0.5, 0.6) is 11.5 Å². The first kappa shape index (κ1) is 13.4. The van der Waals surface area contributed by atoms with Crippen LogP contribution in [0.4, 0.5) is 5.69 Å². The highest BCUT2D eigenvalue weighted by Gasteiger charge is 2.10. The highest BCUT2D eigenvalue weighted by atomic mass is 16.5. The van der Waals surface area contributed by atoms with E-state index < -0.39 is 0 Å². The number of aromatic nitrogens is 2. The van der Waals surface area contributed by atoms with Gasteiger partial charge in [0.1, 0.15) is 11.3 Å². The fraction of sp³-hybridized carbons (Fsp3) is 0.176. The molecule has 0 aliphatic rings. The van der Waals surface area contributed by atoms with Crippen LogP contribution in [0.15, 0.2) is 42.6 Å². The summed E-state index contributed by atoms with van der Waals surface area (Å²) >= 11 is 0. The number of aryl methyl sites for hydroxylation is 2. The first-order chi connectivity index (χ1) is 10.2. The molecule has 0 saturated heterocycles. The van der Waals surface area contributed by atoms with Crippen molar-refractivity contribution < 1.29 is 4.74 Å². The van der Waals surface area contributed by atoms with Crippen molar-refractivity contribution in [1.82, 2.24) is 9.97 Å². The van der Waals surface area contributed by atoms with Gasteiger partial charge in [-0.3, -0.25) is 9.97 Å². The van der Waals surface area contributed by atoms with E-state index in [1.54, 1.807) is 6.20 Å². The van der Waals surface area contributed by atoms with Crippen LogP contribution in [0, 0.1) is 6.92 Å². The molecule has 4 nitrogen and oxygen atoms in total. The monoisotopic (exact) mass is 279 g/mol. The van der Waals surface area contributed by atoms with Crippen molar-refractivity contribution in [2.75, 3.05) is 5.73 Å². The van der Waals surface area contributed by atoms with Gasteiger partial charge in [0.05, 0.1) is 5.69 Å². The molecule has 0 aliphatic carbocycles. The number of ether oxygens (including phenoxy) is 1. The molecule has 2 aromatic heterocycles. The van der Waals surface area contributed by atoms with Gasteiger partial charge in [0.2, 0.25) is 0 Å². The van der Waals surface area contributed by atoms with Gasteiger partial charge in [0.15, 0.2) is 5.75 Å². The van der Waals surface area contributed by atoms with E-state index >= 15 is 0 Å². The Kier molecular flexibility index (Phi) is 3.44. The molecule has 0 radical (unpaired) electrons. The number of nitrogen functional groups attached to an aromatic ring is 1. The first-order valence-corrected chi connectivity index (χ1v) is 6.96. The molecule has 0 saturated carbocycles. The molecule has 0 atom stereocenters. The van der Waals surface area contributed by atoms with Gasteiger partial charge in [-0.05, 0) is 49.7 Å². The van der Waals surface area contributed by atoms with Crippen LogP contribution in [-0.2, 0) is 6.42 Å². The molecule has 0 fully saturated rings. The molecule has 0 unspecified atom stereocenters. The summed E-state index contributed by atoms with van der Waals surface area (Å²) in [4.78, 5) is 8.90. The summed E-state index contributed by atoms with van der Waals surface area (Å²) in [6, 6.07) is 11.4. The molecule has 106 valence electrons. The van der Waals surface area contributed by atoms with Crippen molar-refractivity contribution in [3.63, 3.8) is 0 Å². The topological polar surface area (TPSA) is 61.0 Å². The third-order valence-corrected chi connectivity index (χ3v) is 3.39. The number of hydrogen-bond acceptors (Lipinski definition) is 4. The van der Waals surface area contributed by atoms with Crippen molar-refractivity contribution in [3.05, 3.63) is 54.0 Å². The maximum Gasteiger partial charge on any atom is 0.153 e. The van der Waals surface area contributed by atoms with Crippen LogP contribution in [0.25, 0.3) is 10.9 Å². The fourth-order valence-electron chi connectivity index (χ4n) is 2.31. The number of nitrogens with zero attached hydrogens (tertiary/aromatic N) is 2. The molecule has 0 bridgehead atoms. The lowest BCUT2D eigenvalue weighted by Crippen LogP contribution is -1.97. The molecular formula is C17H17N3O. The smallest absolute Gasteiger partial charge is 0.153 e. The molecule has 2 N–H and O–H groups in total. The van der Waals surface area contributed by atoms with Crippen LogP contribution in [0.3, 0.4) is 0 Å². The number of anilines is 1. The van der Waals surface area contributed by atoms with E-state index in [1.165, 1.54) is 0 Å². The number of rotatable bonds is 3. The quantitative estimate of drug-likeness (QED) is 0.739. The zero-order valence-corrected chi connectivity index (χ0v) is 12.1. The van der Waals surface area contributed by atoms with Gasteiger partial charge in [0.25, 0.3) is 0 Å². The van der Waals surface area contributed by atoms with E-state index in [9.17, 15) is 0 Å². The molecule has 2 heterocycles. The first-order valence-electron chi connectivity index (χ1n) is 6.96. The highest BCUT2D eigenvalue weighted by Crippen LogP contribution is 2.32. The molecule has 0 spiro atoms. The summed E-state index contributed by atoms with van der Waals surface area (Å²) in [7, 11) is 0. The van der Waals surface area contributed by atoms with E-state index in [2.05, 4.69) is 16.9 Å². The average molecular weight is 279 g/mol. The van der Waals surface area contributed by atoms with Crippen LogP contribution in [0.1, 0.15) is 18.3 Å². The zero-order chi connectivity index (χ0) is 14.8. The van der Waals surface area contributed by atoms with Crippen molar-refractivity contribution >= 4 is 16.6 Å². The second-order valence-corrected chi connectivity index (χ2v) is 4.91. The Balaban J connectivity index is 2.09. The van der Waals surface area contributed by atoms with Crippen LogP contribution in [0.2, 0.25) is 0 Å². The maximum atomic E-state index is 6.04. The molecule has 4 heteroatoms. The Labute approximate surface area is 123 Å².